The van der Waals surface area contributed by atoms with Gasteiger partial charge in [-0.15, -0.1) is 0 Å². The van der Waals surface area contributed by atoms with E-state index in [1.165, 1.54) is 193 Å². The van der Waals surface area contributed by atoms with Gasteiger partial charge in [0, 0.05) is 6.42 Å². The summed E-state index contributed by atoms with van der Waals surface area (Å²) in [6.07, 6.45) is 42.8. The topological polar surface area (TPSA) is 149 Å². The zero-order valence-electron chi connectivity index (χ0n) is 39.2. The van der Waals surface area contributed by atoms with E-state index in [1.54, 1.807) is 6.08 Å². The Hall–Kier alpha value is -1.07. The van der Waals surface area contributed by atoms with Gasteiger partial charge in [-0.05, 0) is 19.3 Å². The Bertz CT molecular complexity index is 950. The molecule has 0 radical (unpaired) electrons. The highest BCUT2D eigenvalue weighted by atomic mass is 16.7. The quantitative estimate of drug-likeness (QED) is 0.0262. The summed E-state index contributed by atoms with van der Waals surface area (Å²) in [6.45, 7) is 3.78. The molecule has 7 unspecified atom stereocenters. The van der Waals surface area contributed by atoms with Crippen LogP contribution in [0.4, 0.5) is 0 Å². The molecule has 1 saturated heterocycles. The molecule has 1 amide bonds. The second-order valence-corrected chi connectivity index (χ2v) is 18.3. The average molecular weight is 854 g/mol. The summed E-state index contributed by atoms with van der Waals surface area (Å²) in [5, 5.41) is 54.3. The number of nitrogens with one attached hydrogen (secondary N) is 1. The first-order valence-corrected chi connectivity index (χ1v) is 25.9. The van der Waals surface area contributed by atoms with Crippen molar-refractivity contribution in [2.24, 2.45) is 0 Å². The summed E-state index contributed by atoms with van der Waals surface area (Å²) < 4.78 is 11.2. The molecule has 356 valence electrons. The fraction of sp³-hybridized carbons (Fsp3) is 0.941. The molecule has 1 heterocycles. The Kier molecular flexibility index (Phi) is 39.8. The maximum Gasteiger partial charge on any atom is 0.220 e. The summed E-state index contributed by atoms with van der Waals surface area (Å²) in [7, 11) is 0. The molecule has 0 aromatic carbocycles. The Balaban J connectivity index is 2.21. The van der Waals surface area contributed by atoms with Crippen molar-refractivity contribution in [2.45, 2.75) is 294 Å². The third kappa shape index (κ3) is 31.7. The molecule has 6 N–H and O–H groups in total. The number of aliphatic hydroxyl groups excluding tert-OH is 5. The van der Waals surface area contributed by atoms with Crippen molar-refractivity contribution in [3.63, 3.8) is 0 Å². The molecule has 9 heteroatoms. The van der Waals surface area contributed by atoms with Crippen molar-refractivity contribution in [3.05, 3.63) is 12.2 Å². The number of ether oxygens (including phenoxy) is 2. The van der Waals surface area contributed by atoms with Crippen LogP contribution in [-0.2, 0) is 14.3 Å². The van der Waals surface area contributed by atoms with Gasteiger partial charge in [-0.3, -0.25) is 4.79 Å². The van der Waals surface area contributed by atoms with Crippen LogP contribution < -0.4 is 5.32 Å². The summed E-state index contributed by atoms with van der Waals surface area (Å²) in [5.74, 6) is -0.175. The summed E-state index contributed by atoms with van der Waals surface area (Å²) in [4.78, 5) is 12.9. The molecular formula is C51H99NO8. The first-order chi connectivity index (χ1) is 29.3. The minimum Gasteiger partial charge on any atom is -0.394 e. The highest BCUT2D eigenvalue weighted by Crippen LogP contribution is 2.23. The third-order valence-corrected chi connectivity index (χ3v) is 12.6. The molecule has 0 aromatic heterocycles. The van der Waals surface area contributed by atoms with E-state index in [1.807, 2.05) is 6.08 Å². The fourth-order valence-corrected chi connectivity index (χ4v) is 8.45. The van der Waals surface area contributed by atoms with Crippen LogP contribution in [0, 0.1) is 0 Å². The Morgan fingerprint density at radius 3 is 1.30 bits per heavy atom. The lowest BCUT2D eigenvalue weighted by atomic mass is 9.99. The van der Waals surface area contributed by atoms with Crippen molar-refractivity contribution >= 4 is 5.91 Å². The normalized spacial score (nSPS) is 20.6. The number of hydrogen-bond donors (Lipinski definition) is 6. The number of carbonyl (C=O) groups is 1. The van der Waals surface area contributed by atoms with Crippen LogP contribution in [0.2, 0.25) is 0 Å². The third-order valence-electron chi connectivity index (χ3n) is 12.6. The lowest BCUT2D eigenvalue weighted by molar-refractivity contribution is -0.302. The molecule has 1 fully saturated rings. The van der Waals surface area contributed by atoms with Crippen LogP contribution in [0.5, 0.6) is 0 Å². The van der Waals surface area contributed by atoms with Crippen molar-refractivity contribution in [3.8, 4) is 0 Å². The van der Waals surface area contributed by atoms with E-state index in [0.717, 1.165) is 38.5 Å². The monoisotopic (exact) mass is 854 g/mol. The number of allylic oxidation sites excluding steroid dienone is 1. The number of amides is 1. The first kappa shape index (κ1) is 56.9. The predicted molar refractivity (Wildman–Crippen MR) is 249 cm³/mol. The zero-order valence-corrected chi connectivity index (χ0v) is 39.2. The van der Waals surface area contributed by atoms with Crippen molar-refractivity contribution in [1.82, 2.24) is 5.32 Å². The number of aliphatic hydroxyl groups is 5. The largest absolute Gasteiger partial charge is 0.394 e. The summed E-state index contributed by atoms with van der Waals surface area (Å²) in [5.41, 5.74) is 0. The van der Waals surface area contributed by atoms with Crippen molar-refractivity contribution in [1.29, 1.82) is 0 Å². The lowest BCUT2D eigenvalue weighted by Gasteiger charge is -2.40. The van der Waals surface area contributed by atoms with Crippen LogP contribution in [0.15, 0.2) is 12.2 Å². The summed E-state index contributed by atoms with van der Waals surface area (Å²) >= 11 is 0. The average Bonchev–Trinajstić information content (AvgIpc) is 3.25. The number of hydrogen-bond acceptors (Lipinski definition) is 8. The van der Waals surface area contributed by atoms with E-state index in [2.05, 4.69) is 19.2 Å². The Morgan fingerprint density at radius 1 is 0.550 bits per heavy atom. The molecule has 9 nitrogen and oxygen atoms in total. The van der Waals surface area contributed by atoms with Gasteiger partial charge in [0.2, 0.25) is 5.91 Å². The highest BCUT2D eigenvalue weighted by molar-refractivity contribution is 5.76. The van der Waals surface area contributed by atoms with Gasteiger partial charge in [0.15, 0.2) is 6.29 Å². The maximum absolute atomic E-state index is 12.9. The number of rotatable bonds is 44. The van der Waals surface area contributed by atoms with Crippen molar-refractivity contribution < 1.29 is 39.8 Å². The van der Waals surface area contributed by atoms with Gasteiger partial charge in [-0.2, -0.15) is 0 Å². The Labute approximate surface area is 369 Å². The minimum atomic E-state index is -1.56. The molecule has 1 aliphatic heterocycles. The second kappa shape index (κ2) is 41.9. The van der Waals surface area contributed by atoms with Gasteiger partial charge in [0.05, 0.1) is 25.4 Å². The van der Waals surface area contributed by atoms with Gasteiger partial charge in [-0.1, -0.05) is 238 Å². The van der Waals surface area contributed by atoms with E-state index < -0.39 is 49.5 Å². The zero-order chi connectivity index (χ0) is 43.7. The van der Waals surface area contributed by atoms with E-state index >= 15 is 0 Å². The van der Waals surface area contributed by atoms with Crippen LogP contribution >= 0.6 is 0 Å². The minimum absolute atomic E-state index is 0.175. The van der Waals surface area contributed by atoms with E-state index in [4.69, 9.17) is 9.47 Å². The van der Waals surface area contributed by atoms with Gasteiger partial charge in [0.1, 0.15) is 24.4 Å². The molecule has 1 rings (SSSR count). The molecule has 0 bridgehead atoms. The van der Waals surface area contributed by atoms with E-state index in [0.29, 0.717) is 6.42 Å². The molecule has 7 atom stereocenters. The lowest BCUT2D eigenvalue weighted by Crippen LogP contribution is -2.60. The molecule has 1 aliphatic rings. The maximum atomic E-state index is 12.9. The smallest absolute Gasteiger partial charge is 0.220 e. The van der Waals surface area contributed by atoms with Crippen LogP contribution in [-0.4, -0.2) is 87.5 Å². The van der Waals surface area contributed by atoms with E-state index in [9.17, 15) is 30.3 Å². The molecular weight excluding hydrogens is 755 g/mol. The molecule has 0 spiro atoms. The van der Waals surface area contributed by atoms with Crippen molar-refractivity contribution in [2.75, 3.05) is 13.2 Å². The Morgan fingerprint density at radius 2 is 0.917 bits per heavy atom. The van der Waals surface area contributed by atoms with Crippen LogP contribution in [0.3, 0.4) is 0 Å². The fourth-order valence-electron chi connectivity index (χ4n) is 8.45. The van der Waals surface area contributed by atoms with Gasteiger partial charge >= 0.3 is 0 Å². The second-order valence-electron chi connectivity index (χ2n) is 18.3. The molecule has 60 heavy (non-hydrogen) atoms. The number of unbranched alkanes of at least 4 members (excludes halogenated alkanes) is 34. The summed E-state index contributed by atoms with van der Waals surface area (Å²) in [6, 6.07) is -0.798. The highest BCUT2D eigenvalue weighted by Gasteiger charge is 2.44. The molecule has 0 saturated carbocycles. The van der Waals surface area contributed by atoms with Gasteiger partial charge < -0.3 is 40.3 Å². The molecule has 0 aliphatic carbocycles. The molecule has 0 aromatic rings. The standard InChI is InChI=1S/C51H99NO8/c1-3-5-7-9-11-13-15-16-17-18-19-20-21-22-23-24-25-26-27-28-29-31-32-34-36-38-40-45(54)44(43-59-51-50(58)49(57)48(56)46(42-53)60-51)52-47(55)41-39-37-35-33-30-14-12-10-8-6-4-2/h38,40,44-46,48-51,53-54,56-58H,3-37,39,41-43H2,1-2H3,(H,52,55)/b40-38+. The van der Waals surface area contributed by atoms with E-state index in [-0.39, 0.29) is 12.5 Å². The van der Waals surface area contributed by atoms with Crippen LogP contribution in [0.1, 0.15) is 251 Å². The van der Waals surface area contributed by atoms with Gasteiger partial charge in [0.25, 0.3) is 0 Å². The SMILES string of the molecule is CCCCCCCCCCCCCCCCCCCCCCCCCC/C=C/C(O)C(COC1OC(CO)C(O)C(O)C1O)NC(=O)CCCCCCCCCCCCC. The predicted octanol–water partition coefficient (Wildman–Crippen LogP) is 11.7. The van der Waals surface area contributed by atoms with Gasteiger partial charge in [-0.25, -0.2) is 0 Å². The van der Waals surface area contributed by atoms with Crippen LogP contribution in [0.25, 0.3) is 0 Å². The number of carbonyl (C=O) groups excluding carboxylic acids is 1. The first-order valence-electron chi connectivity index (χ1n) is 25.9.